The van der Waals surface area contributed by atoms with Crippen LogP contribution in [0.4, 0.5) is 0 Å². The summed E-state index contributed by atoms with van der Waals surface area (Å²) in [5.41, 5.74) is 0.924. The summed E-state index contributed by atoms with van der Waals surface area (Å²) in [5.74, 6) is 1.78. The molecule has 0 unspecified atom stereocenters. The van der Waals surface area contributed by atoms with Gasteiger partial charge < -0.3 is 0 Å². The van der Waals surface area contributed by atoms with E-state index in [0.717, 1.165) is 23.2 Å². The summed E-state index contributed by atoms with van der Waals surface area (Å²) < 4.78 is 2.61. The zero-order valence-corrected chi connectivity index (χ0v) is 17.0. The van der Waals surface area contributed by atoms with Crippen LogP contribution in [-0.2, 0) is 19.8 Å². The summed E-state index contributed by atoms with van der Waals surface area (Å²) in [7, 11) is 3.18. The number of benzene rings is 1. The fourth-order valence-corrected chi connectivity index (χ4v) is 4.80. The maximum atomic E-state index is 12.9. The normalized spacial score (nSPS) is 15.2. The van der Waals surface area contributed by atoms with Crippen molar-refractivity contribution in [1.29, 1.82) is 0 Å². The van der Waals surface area contributed by atoms with Crippen molar-refractivity contribution in [3.05, 3.63) is 62.6 Å². The number of rotatable bonds is 4. The van der Waals surface area contributed by atoms with Crippen molar-refractivity contribution in [2.24, 2.45) is 14.1 Å². The molecule has 0 spiro atoms. The summed E-state index contributed by atoms with van der Waals surface area (Å²) in [6.07, 6.45) is 5.72. The molecule has 0 aliphatic heterocycles. The van der Waals surface area contributed by atoms with Crippen LogP contribution in [0.3, 0.4) is 0 Å². The third-order valence-electron chi connectivity index (χ3n) is 5.47. The second-order valence-electron chi connectivity index (χ2n) is 7.40. The molecular weight excluding hydrogens is 372 g/mol. The predicted molar refractivity (Wildman–Crippen MR) is 112 cm³/mol. The SMILES string of the molecule is Cn1c(=O)c2c(SCc3ccccc3)nc(C3CCCCC3)nc2n(C)c1=O. The standard InChI is InChI=1S/C21H24N4O2S/c1-24-18-16(20(26)25(2)21(24)27)19(28-13-14-9-5-3-6-10-14)23-17(22-18)15-11-7-4-8-12-15/h3,5-6,9-10,15H,4,7-8,11-13H2,1-2H3. The number of hydrogen-bond acceptors (Lipinski definition) is 5. The minimum Gasteiger partial charge on any atom is -0.280 e. The largest absolute Gasteiger partial charge is 0.332 e. The maximum Gasteiger partial charge on any atom is 0.332 e. The van der Waals surface area contributed by atoms with E-state index in [-0.39, 0.29) is 11.2 Å². The van der Waals surface area contributed by atoms with Gasteiger partial charge >= 0.3 is 5.69 Å². The average molecular weight is 397 g/mol. The lowest BCUT2D eigenvalue weighted by atomic mass is 9.89. The molecule has 7 heteroatoms. The topological polar surface area (TPSA) is 69.8 Å². The minimum atomic E-state index is -0.357. The number of hydrogen-bond donors (Lipinski definition) is 0. The average Bonchev–Trinajstić information content (AvgIpc) is 2.75. The van der Waals surface area contributed by atoms with Gasteiger partial charge in [0.1, 0.15) is 16.2 Å². The van der Waals surface area contributed by atoms with Crippen LogP contribution in [0.1, 0.15) is 49.4 Å². The first-order valence-electron chi connectivity index (χ1n) is 9.70. The van der Waals surface area contributed by atoms with Crippen LogP contribution in [0.15, 0.2) is 44.9 Å². The van der Waals surface area contributed by atoms with E-state index in [0.29, 0.717) is 27.7 Å². The molecule has 1 aliphatic rings. The lowest BCUT2D eigenvalue weighted by Gasteiger charge is -2.21. The molecule has 2 aromatic heterocycles. The molecule has 28 heavy (non-hydrogen) atoms. The Bertz CT molecular complexity index is 1120. The van der Waals surface area contributed by atoms with Crippen molar-refractivity contribution in [3.63, 3.8) is 0 Å². The third-order valence-corrected chi connectivity index (χ3v) is 6.52. The molecule has 6 nitrogen and oxygen atoms in total. The molecule has 2 heterocycles. The van der Waals surface area contributed by atoms with Crippen LogP contribution in [0.2, 0.25) is 0 Å². The van der Waals surface area contributed by atoms with Gasteiger partial charge in [-0.15, -0.1) is 11.8 Å². The van der Waals surface area contributed by atoms with Crippen LogP contribution >= 0.6 is 11.8 Å². The quantitative estimate of drug-likeness (QED) is 0.500. The summed E-state index contributed by atoms with van der Waals surface area (Å²) in [5, 5.41) is 1.11. The number of aromatic nitrogens is 4. The first kappa shape index (κ1) is 18.9. The van der Waals surface area contributed by atoms with Gasteiger partial charge in [-0.2, -0.15) is 0 Å². The summed E-state index contributed by atoms with van der Waals surface area (Å²) >= 11 is 1.54. The maximum absolute atomic E-state index is 12.9. The summed E-state index contributed by atoms with van der Waals surface area (Å²) in [6.45, 7) is 0. The molecule has 1 aromatic carbocycles. The van der Waals surface area contributed by atoms with Crippen molar-refractivity contribution in [2.75, 3.05) is 0 Å². The lowest BCUT2D eigenvalue weighted by Crippen LogP contribution is -2.38. The van der Waals surface area contributed by atoms with Crippen LogP contribution in [-0.4, -0.2) is 19.1 Å². The molecule has 4 rings (SSSR count). The molecule has 1 aliphatic carbocycles. The zero-order chi connectivity index (χ0) is 19.7. The monoisotopic (exact) mass is 396 g/mol. The van der Waals surface area contributed by atoms with E-state index in [1.165, 1.54) is 48.2 Å². The van der Waals surface area contributed by atoms with Gasteiger partial charge in [0.25, 0.3) is 5.56 Å². The van der Waals surface area contributed by atoms with E-state index < -0.39 is 0 Å². The highest BCUT2D eigenvalue weighted by Gasteiger charge is 2.23. The molecule has 146 valence electrons. The van der Waals surface area contributed by atoms with Crippen LogP contribution in [0.5, 0.6) is 0 Å². The molecule has 0 radical (unpaired) electrons. The smallest absolute Gasteiger partial charge is 0.280 e. The molecule has 1 fully saturated rings. The Hall–Kier alpha value is -2.41. The van der Waals surface area contributed by atoms with E-state index in [1.807, 2.05) is 18.2 Å². The van der Waals surface area contributed by atoms with E-state index in [2.05, 4.69) is 12.1 Å². The first-order chi connectivity index (χ1) is 13.6. The first-order valence-corrected chi connectivity index (χ1v) is 10.7. The molecule has 1 saturated carbocycles. The Kier molecular flexibility index (Phi) is 5.35. The van der Waals surface area contributed by atoms with Crippen molar-refractivity contribution in [2.45, 2.75) is 48.8 Å². The van der Waals surface area contributed by atoms with Crippen molar-refractivity contribution >= 4 is 22.8 Å². The fourth-order valence-electron chi connectivity index (χ4n) is 3.82. The highest BCUT2D eigenvalue weighted by Crippen LogP contribution is 2.33. The van der Waals surface area contributed by atoms with E-state index in [9.17, 15) is 9.59 Å². The van der Waals surface area contributed by atoms with Gasteiger partial charge in [0, 0.05) is 25.8 Å². The van der Waals surface area contributed by atoms with E-state index >= 15 is 0 Å². The Morgan fingerprint density at radius 3 is 2.43 bits per heavy atom. The van der Waals surface area contributed by atoms with Crippen molar-refractivity contribution < 1.29 is 0 Å². The Labute approximate surface area is 167 Å². The van der Waals surface area contributed by atoms with E-state index in [4.69, 9.17) is 9.97 Å². The lowest BCUT2D eigenvalue weighted by molar-refractivity contribution is 0.427. The molecule has 3 aromatic rings. The summed E-state index contributed by atoms with van der Waals surface area (Å²) in [4.78, 5) is 34.9. The third kappa shape index (κ3) is 3.51. The Balaban J connectivity index is 1.86. The molecular formula is C21H24N4O2S. The minimum absolute atomic E-state index is 0.299. The molecule has 0 atom stereocenters. The van der Waals surface area contributed by atoms with Crippen LogP contribution in [0.25, 0.3) is 11.0 Å². The number of fused-ring (bicyclic) bond motifs is 1. The second-order valence-corrected chi connectivity index (χ2v) is 8.36. The number of thioether (sulfide) groups is 1. The molecule has 0 bridgehead atoms. The van der Waals surface area contributed by atoms with Gasteiger partial charge in [0.15, 0.2) is 5.65 Å². The van der Waals surface area contributed by atoms with Gasteiger partial charge in [-0.05, 0) is 18.4 Å². The predicted octanol–water partition coefficient (Wildman–Crippen LogP) is 3.37. The second kappa shape index (κ2) is 7.91. The van der Waals surface area contributed by atoms with Gasteiger partial charge in [0.05, 0.1) is 0 Å². The van der Waals surface area contributed by atoms with Gasteiger partial charge in [-0.3, -0.25) is 13.9 Å². The zero-order valence-electron chi connectivity index (χ0n) is 16.2. The molecule has 0 N–H and O–H groups in total. The molecule has 0 amide bonds. The summed E-state index contributed by atoms with van der Waals surface area (Å²) in [6, 6.07) is 10.1. The Morgan fingerprint density at radius 1 is 1.00 bits per heavy atom. The van der Waals surface area contributed by atoms with E-state index in [1.54, 1.807) is 7.05 Å². The van der Waals surface area contributed by atoms with Crippen LogP contribution < -0.4 is 11.2 Å². The number of aryl methyl sites for hydroxylation is 1. The van der Waals surface area contributed by atoms with Crippen LogP contribution in [0, 0.1) is 0 Å². The highest BCUT2D eigenvalue weighted by atomic mass is 32.2. The molecule has 0 saturated heterocycles. The van der Waals surface area contributed by atoms with Crippen molar-refractivity contribution in [3.8, 4) is 0 Å². The van der Waals surface area contributed by atoms with Gasteiger partial charge in [-0.1, -0.05) is 49.6 Å². The highest BCUT2D eigenvalue weighted by molar-refractivity contribution is 7.98. The fraction of sp³-hybridized carbons (Fsp3) is 0.429. The Morgan fingerprint density at radius 2 is 1.71 bits per heavy atom. The van der Waals surface area contributed by atoms with Gasteiger partial charge in [0.2, 0.25) is 0 Å². The number of nitrogens with zero attached hydrogens (tertiary/aromatic N) is 4. The van der Waals surface area contributed by atoms with Crippen molar-refractivity contribution in [1.82, 2.24) is 19.1 Å². The van der Waals surface area contributed by atoms with Gasteiger partial charge in [-0.25, -0.2) is 14.8 Å².